The molecule has 0 aliphatic rings. The quantitative estimate of drug-likeness (QED) is 0.519. The van der Waals surface area contributed by atoms with Crippen molar-refractivity contribution in [1.82, 2.24) is 0 Å². The maximum atomic E-state index is 11.3. The van der Waals surface area contributed by atoms with E-state index in [9.17, 15) is 4.57 Å². The Morgan fingerprint density at radius 2 is 1.18 bits per heavy atom. The molecule has 0 spiro atoms. The Morgan fingerprint density at radius 1 is 0.909 bits per heavy atom. The summed E-state index contributed by atoms with van der Waals surface area (Å²) < 4.78 is 25.4. The van der Waals surface area contributed by atoms with Crippen LogP contribution in [-0.4, -0.2) is 18.8 Å². The molecule has 0 amide bonds. The molecular formula is C3H9O4PS3. The maximum Gasteiger partial charge on any atom is 0.508 e. The van der Waals surface area contributed by atoms with E-state index in [0.717, 1.165) is 36.1 Å². The van der Waals surface area contributed by atoms with Crippen LogP contribution in [0.5, 0.6) is 0 Å². The monoisotopic (exact) mass is 236 g/mol. The minimum atomic E-state index is -3.33. The predicted octanol–water partition coefficient (Wildman–Crippen LogP) is 2.98. The summed E-state index contributed by atoms with van der Waals surface area (Å²) in [4.78, 5) is 0. The zero-order valence-corrected chi connectivity index (χ0v) is 9.65. The van der Waals surface area contributed by atoms with Gasteiger partial charge in [-0.25, -0.2) is 16.5 Å². The molecule has 0 aromatic carbocycles. The van der Waals surface area contributed by atoms with E-state index in [1.807, 2.05) is 0 Å². The van der Waals surface area contributed by atoms with Crippen LogP contribution >= 0.6 is 44.0 Å². The SMILES string of the molecule is CSOP(=O)(OSC)OSC. The Balaban J connectivity index is 3.91. The van der Waals surface area contributed by atoms with Crippen LogP contribution in [0.15, 0.2) is 0 Å². The van der Waals surface area contributed by atoms with E-state index in [-0.39, 0.29) is 0 Å². The number of hydrogen-bond acceptors (Lipinski definition) is 7. The van der Waals surface area contributed by atoms with Gasteiger partial charge in [0, 0.05) is 54.9 Å². The first-order valence-corrected chi connectivity index (χ1v) is 7.37. The molecule has 0 saturated heterocycles. The highest BCUT2D eigenvalue weighted by Gasteiger charge is 2.27. The summed E-state index contributed by atoms with van der Waals surface area (Å²) in [6.07, 6.45) is 4.92. The van der Waals surface area contributed by atoms with Gasteiger partial charge in [0.15, 0.2) is 0 Å². The molecule has 0 atom stereocenters. The Kier molecular flexibility index (Phi) is 7.35. The van der Waals surface area contributed by atoms with Crippen LogP contribution < -0.4 is 0 Å². The minimum Gasteiger partial charge on any atom is -0.225 e. The van der Waals surface area contributed by atoms with Crippen molar-refractivity contribution in [3.8, 4) is 0 Å². The molecule has 0 fully saturated rings. The summed E-state index contributed by atoms with van der Waals surface area (Å²) in [5.74, 6) is 0. The van der Waals surface area contributed by atoms with Gasteiger partial charge in [0.2, 0.25) is 0 Å². The summed E-state index contributed by atoms with van der Waals surface area (Å²) in [6.45, 7) is 0. The van der Waals surface area contributed by atoms with Crippen LogP contribution in [0.2, 0.25) is 0 Å². The van der Waals surface area contributed by atoms with Gasteiger partial charge in [0.25, 0.3) is 0 Å². The fraction of sp³-hybridized carbons (Fsp3) is 1.00. The lowest BCUT2D eigenvalue weighted by molar-refractivity contribution is 0.352. The second-order valence-electron chi connectivity index (χ2n) is 1.17. The van der Waals surface area contributed by atoms with Crippen LogP contribution in [0.1, 0.15) is 0 Å². The van der Waals surface area contributed by atoms with E-state index in [4.69, 9.17) is 11.9 Å². The largest absolute Gasteiger partial charge is 0.508 e. The van der Waals surface area contributed by atoms with E-state index >= 15 is 0 Å². The molecular weight excluding hydrogens is 227 g/mol. The third-order valence-corrected chi connectivity index (χ3v) is 4.48. The maximum absolute atomic E-state index is 11.3. The number of phosphoric acid groups is 1. The lowest BCUT2D eigenvalue weighted by Crippen LogP contribution is -1.84. The second-order valence-corrected chi connectivity index (χ2v) is 4.85. The standard InChI is InChI=1S/C3H9O4PS3/c1-9-5-8(4,6-10-2)7-11-3/h1-3H3. The zero-order valence-electron chi connectivity index (χ0n) is 6.30. The zero-order chi connectivity index (χ0) is 8.74. The van der Waals surface area contributed by atoms with E-state index in [2.05, 4.69) is 0 Å². The summed E-state index contributed by atoms with van der Waals surface area (Å²) in [5, 5.41) is 0. The molecule has 0 unspecified atom stereocenters. The smallest absolute Gasteiger partial charge is 0.225 e. The Bertz CT molecular complexity index is 119. The first-order chi connectivity index (χ1) is 5.18. The van der Waals surface area contributed by atoms with Gasteiger partial charge in [0.05, 0.1) is 0 Å². The van der Waals surface area contributed by atoms with Crippen LogP contribution in [0.3, 0.4) is 0 Å². The van der Waals surface area contributed by atoms with Gasteiger partial charge in [-0.2, -0.15) is 0 Å². The van der Waals surface area contributed by atoms with Gasteiger partial charge < -0.3 is 0 Å². The second kappa shape index (κ2) is 6.65. The van der Waals surface area contributed by atoms with E-state index < -0.39 is 7.82 Å². The topological polar surface area (TPSA) is 44.8 Å². The number of hydrogen-bond donors (Lipinski definition) is 0. The molecule has 0 heterocycles. The van der Waals surface area contributed by atoms with Crippen LogP contribution in [-0.2, 0) is 16.5 Å². The van der Waals surface area contributed by atoms with Crippen molar-refractivity contribution >= 4 is 44.0 Å². The average molecular weight is 236 g/mol. The molecule has 68 valence electrons. The lowest BCUT2D eigenvalue weighted by atomic mass is 12.0. The van der Waals surface area contributed by atoms with Gasteiger partial charge >= 0.3 is 7.82 Å². The van der Waals surface area contributed by atoms with Gasteiger partial charge in [-0.3, -0.25) is 0 Å². The molecule has 0 aromatic heterocycles. The first-order valence-electron chi connectivity index (χ1n) is 2.46. The van der Waals surface area contributed by atoms with Crippen molar-refractivity contribution in [2.75, 3.05) is 18.8 Å². The molecule has 8 heteroatoms. The lowest BCUT2D eigenvalue weighted by Gasteiger charge is -2.10. The van der Waals surface area contributed by atoms with Crippen LogP contribution in [0.25, 0.3) is 0 Å². The Morgan fingerprint density at radius 3 is 1.36 bits per heavy atom. The minimum absolute atomic E-state index is 0.949. The van der Waals surface area contributed by atoms with Gasteiger partial charge in [-0.15, -0.1) is 0 Å². The van der Waals surface area contributed by atoms with E-state index in [1.54, 1.807) is 18.8 Å². The van der Waals surface area contributed by atoms with Crippen molar-refractivity contribution < 1.29 is 16.5 Å². The molecule has 0 aliphatic heterocycles. The summed E-state index contributed by atoms with van der Waals surface area (Å²) in [5.41, 5.74) is 0. The van der Waals surface area contributed by atoms with Crippen LogP contribution in [0, 0.1) is 0 Å². The van der Waals surface area contributed by atoms with Crippen molar-refractivity contribution in [3.63, 3.8) is 0 Å². The molecule has 0 saturated carbocycles. The normalized spacial score (nSPS) is 11.9. The van der Waals surface area contributed by atoms with Crippen molar-refractivity contribution in [1.29, 1.82) is 0 Å². The average Bonchev–Trinajstić information content (AvgIpc) is 1.88. The molecule has 0 N–H and O–H groups in total. The van der Waals surface area contributed by atoms with E-state index in [0.29, 0.717) is 0 Å². The molecule has 0 aromatic rings. The first kappa shape index (κ1) is 12.2. The van der Waals surface area contributed by atoms with Gasteiger partial charge in [-0.1, -0.05) is 0 Å². The fourth-order valence-corrected chi connectivity index (χ4v) is 3.47. The van der Waals surface area contributed by atoms with Crippen LogP contribution in [0.4, 0.5) is 0 Å². The highest BCUT2D eigenvalue weighted by molar-refractivity contribution is 8.03. The number of rotatable bonds is 6. The molecule has 0 aliphatic carbocycles. The molecule has 0 bridgehead atoms. The van der Waals surface area contributed by atoms with Crippen molar-refractivity contribution in [2.24, 2.45) is 0 Å². The molecule has 4 nitrogen and oxygen atoms in total. The fourth-order valence-electron chi connectivity index (χ4n) is 0.311. The summed E-state index contributed by atoms with van der Waals surface area (Å²) in [7, 11) is -3.33. The summed E-state index contributed by atoms with van der Waals surface area (Å²) >= 11 is 2.85. The highest BCUT2D eigenvalue weighted by atomic mass is 32.2. The van der Waals surface area contributed by atoms with Gasteiger partial charge in [0.1, 0.15) is 0 Å². The Labute approximate surface area is 79.4 Å². The molecule has 0 radical (unpaired) electrons. The third kappa shape index (κ3) is 5.41. The molecule has 11 heavy (non-hydrogen) atoms. The van der Waals surface area contributed by atoms with Crippen molar-refractivity contribution in [3.05, 3.63) is 0 Å². The Hall–Kier alpha value is 1.16. The highest BCUT2D eigenvalue weighted by Crippen LogP contribution is 2.56. The summed E-state index contributed by atoms with van der Waals surface area (Å²) in [6, 6.07) is 0. The van der Waals surface area contributed by atoms with Crippen molar-refractivity contribution in [2.45, 2.75) is 0 Å². The van der Waals surface area contributed by atoms with E-state index in [1.165, 1.54) is 0 Å². The van der Waals surface area contributed by atoms with Gasteiger partial charge in [-0.05, 0) is 0 Å². The predicted molar refractivity (Wildman–Crippen MR) is 51.4 cm³/mol. The molecule has 0 rings (SSSR count). The third-order valence-electron chi connectivity index (χ3n) is 0.497.